The van der Waals surface area contributed by atoms with Crippen LogP contribution in [0.15, 0.2) is 48.5 Å². The Morgan fingerprint density at radius 2 is 1.93 bits per heavy atom. The minimum atomic E-state index is -0.770. The van der Waals surface area contributed by atoms with Crippen LogP contribution in [0.1, 0.15) is 20.9 Å². The molecule has 0 radical (unpaired) electrons. The first-order valence-corrected chi connectivity index (χ1v) is 9.60. The first-order chi connectivity index (χ1) is 14.3. The Morgan fingerprint density at radius 1 is 1.20 bits per heavy atom. The fourth-order valence-electron chi connectivity index (χ4n) is 3.00. The van der Waals surface area contributed by atoms with Crippen LogP contribution in [0.2, 0.25) is 0 Å². The molecule has 1 amide bonds. The summed E-state index contributed by atoms with van der Waals surface area (Å²) in [6, 6.07) is 10.6. The Kier molecular flexibility index (Phi) is 5.00. The van der Waals surface area contributed by atoms with E-state index in [0.29, 0.717) is 17.1 Å². The first-order valence-electron chi connectivity index (χ1n) is 8.78. The maximum Gasteiger partial charge on any atom is 0.271 e. The number of carbonyl (C=O) groups excluding carboxylic acids is 1. The fourth-order valence-corrected chi connectivity index (χ4v) is 4.06. The van der Waals surface area contributed by atoms with Crippen molar-refractivity contribution in [1.82, 2.24) is 9.78 Å². The van der Waals surface area contributed by atoms with Gasteiger partial charge in [0, 0.05) is 17.5 Å². The predicted molar refractivity (Wildman–Crippen MR) is 109 cm³/mol. The molecule has 0 unspecified atom stereocenters. The molecule has 0 spiro atoms. The molecule has 0 aliphatic heterocycles. The Balaban J connectivity index is 1.62. The lowest BCUT2D eigenvalue weighted by Gasteiger charge is -2.05. The van der Waals surface area contributed by atoms with Gasteiger partial charge in [-0.1, -0.05) is 12.1 Å². The molecule has 2 heterocycles. The van der Waals surface area contributed by atoms with Crippen molar-refractivity contribution in [2.45, 2.75) is 13.5 Å². The maximum absolute atomic E-state index is 14.0. The summed E-state index contributed by atoms with van der Waals surface area (Å²) in [6.07, 6.45) is 0. The number of aryl methyl sites for hydroxylation is 1. The quantitative estimate of drug-likeness (QED) is 0.362. The van der Waals surface area contributed by atoms with Crippen molar-refractivity contribution in [3.63, 3.8) is 0 Å². The number of aromatic nitrogens is 2. The summed E-state index contributed by atoms with van der Waals surface area (Å²) in [6.45, 7) is 2.20. The number of non-ortho nitro benzene ring substituents is 1. The maximum atomic E-state index is 14.0. The Morgan fingerprint density at radius 3 is 2.63 bits per heavy atom. The normalized spacial score (nSPS) is 11.0. The van der Waals surface area contributed by atoms with Crippen LogP contribution in [0.4, 0.5) is 20.2 Å². The zero-order valence-corrected chi connectivity index (χ0v) is 16.4. The van der Waals surface area contributed by atoms with Gasteiger partial charge in [-0.05, 0) is 36.8 Å². The molecule has 10 heteroatoms. The van der Waals surface area contributed by atoms with E-state index in [2.05, 4.69) is 10.4 Å². The second kappa shape index (κ2) is 7.64. The molecular formula is C20H14F2N4O3S. The number of amides is 1. The number of benzene rings is 2. The number of nitro benzene ring substituents is 1. The predicted octanol–water partition coefficient (Wildman–Crippen LogP) is 4.89. The van der Waals surface area contributed by atoms with E-state index in [1.165, 1.54) is 23.5 Å². The molecule has 4 rings (SSSR count). The van der Waals surface area contributed by atoms with E-state index in [9.17, 15) is 23.7 Å². The highest BCUT2D eigenvalue weighted by Crippen LogP contribution is 2.30. The number of hydrogen-bond acceptors (Lipinski definition) is 5. The lowest BCUT2D eigenvalue weighted by molar-refractivity contribution is -0.384. The Hall–Kier alpha value is -3.66. The number of hydrogen-bond donors (Lipinski definition) is 1. The summed E-state index contributed by atoms with van der Waals surface area (Å²) in [7, 11) is 0. The molecule has 30 heavy (non-hydrogen) atoms. The van der Waals surface area contributed by atoms with Crippen molar-refractivity contribution in [1.29, 1.82) is 0 Å². The summed E-state index contributed by atoms with van der Waals surface area (Å²) < 4.78 is 28.8. The van der Waals surface area contributed by atoms with Crippen LogP contribution in [-0.4, -0.2) is 20.6 Å². The minimum absolute atomic E-state index is 0.267. The number of nitro groups is 1. The topological polar surface area (TPSA) is 90.1 Å². The number of fused-ring (bicyclic) bond motifs is 1. The molecule has 0 atom stereocenters. The number of thiophene rings is 1. The van der Waals surface area contributed by atoms with Gasteiger partial charge in [-0.15, -0.1) is 11.3 Å². The van der Waals surface area contributed by atoms with Crippen molar-refractivity contribution in [2.75, 3.05) is 5.32 Å². The van der Waals surface area contributed by atoms with Crippen LogP contribution in [0.5, 0.6) is 0 Å². The van der Waals surface area contributed by atoms with Crippen LogP contribution < -0.4 is 5.32 Å². The van der Waals surface area contributed by atoms with Gasteiger partial charge in [0.05, 0.1) is 27.7 Å². The highest BCUT2D eigenvalue weighted by atomic mass is 32.1. The van der Waals surface area contributed by atoms with E-state index >= 15 is 0 Å². The van der Waals surface area contributed by atoms with Crippen LogP contribution in [-0.2, 0) is 6.54 Å². The zero-order chi connectivity index (χ0) is 21.4. The summed E-state index contributed by atoms with van der Waals surface area (Å²) in [5.41, 5.74) is 0.966. The second-order valence-corrected chi connectivity index (χ2v) is 7.61. The zero-order valence-electron chi connectivity index (χ0n) is 15.6. The smallest absolute Gasteiger partial charge is 0.271 e. The van der Waals surface area contributed by atoms with Gasteiger partial charge < -0.3 is 5.32 Å². The third-order valence-corrected chi connectivity index (χ3v) is 5.63. The molecule has 1 N–H and O–H groups in total. The third kappa shape index (κ3) is 3.77. The third-order valence-electron chi connectivity index (χ3n) is 4.49. The SMILES string of the molecule is Cc1nn(Cc2ccc(F)cc2)c2sc(C(=O)Nc3cc([N+](=O)[O-])ccc3F)cc12. The molecule has 0 bridgehead atoms. The lowest BCUT2D eigenvalue weighted by Crippen LogP contribution is -2.11. The van der Waals surface area contributed by atoms with E-state index in [-0.39, 0.29) is 17.2 Å². The highest BCUT2D eigenvalue weighted by Gasteiger charge is 2.19. The Bertz CT molecular complexity index is 1280. The van der Waals surface area contributed by atoms with Crippen LogP contribution >= 0.6 is 11.3 Å². The highest BCUT2D eigenvalue weighted by molar-refractivity contribution is 7.20. The van der Waals surface area contributed by atoms with Gasteiger partial charge in [0.2, 0.25) is 0 Å². The average molecular weight is 428 g/mol. The van der Waals surface area contributed by atoms with Gasteiger partial charge in [0.15, 0.2) is 0 Å². The molecule has 2 aromatic heterocycles. The summed E-state index contributed by atoms with van der Waals surface area (Å²) in [5.74, 6) is -1.68. The molecule has 4 aromatic rings. The van der Waals surface area contributed by atoms with Gasteiger partial charge in [0.25, 0.3) is 11.6 Å². The standard InChI is InChI=1S/C20H14F2N4O3S/c1-11-15-9-18(19(27)23-17-8-14(26(28)29)6-7-16(17)22)30-20(15)25(24-11)10-12-2-4-13(21)5-3-12/h2-9H,10H2,1H3,(H,23,27). The molecule has 0 fully saturated rings. The van der Waals surface area contributed by atoms with Crippen molar-refractivity contribution < 1.29 is 18.5 Å². The van der Waals surface area contributed by atoms with Crippen LogP contribution in [0.3, 0.4) is 0 Å². The van der Waals surface area contributed by atoms with E-state index < -0.39 is 16.6 Å². The largest absolute Gasteiger partial charge is 0.319 e. The number of nitrogens with zero attached hydrogens (tertiary/aromatic N) is 3. The molecule has 0 saturated carbocycles. The molecule has 152 valence electrons. The van der Waals surface area contributed by atoms with Gasteiger partial charge >= 0.3 is 0 Å². The Labute approximate surface area is 172 Å². The number of halogens is 2. The van der Waals surface area contributed by atoms with Crippen molar-refractivity contribution >= 4 is 38.8 Å². The van der Waals surface area contributed by atoms with Crippen molar-refractivity contribution in [3.05, 3.63) is 86.4 Å². The molecule has 7 nitrogen and oxygen atoms in total. The number of carbonyl (C=O) groups is 1. The number of anilines is 1. The van der Waals surface area contributed by atoms with E-state index in [0.717, 1.165) is 34.0 Å². The van der Waals surface area contributed by atoms with Gasteiger partial charge in [0.1, 0.15) is 16.5 Å². The van der Waals surface area contributed by atoms with Crippen LogP contribution in [0, 0.1) is 28.7 Å². The second-order valence-electron chi connectivity index (χ2n) is 6.57. The molecule has 2 aromatic carbocycles. The molecule has 0 saturated heterocycles. The summed E-state index contributed by atoms with van der Waals surface area (Å²) in [4.78, 5) is 23.9. The van der Waals surface area contributed by atoms with Crippen LogP contribution in [0.25, 0.3) is 10.2 Å². The lowest BCUT2D eigenvalue weighted by atomic mass is 10.2. The van der Waals surface area contributed by atoms with E-state index in [4.69, 9.17) is 0 Å². The summed E-state index contributed by atoms with van der Waals surface area (Å²) >= 11 is 1.17. The van der Waals surface area contributed by atoms with Gasteiger partial charge in [-0.3, -0.25) is 19.6 Å². The molecule has 0 aliphatic carbocycles. The molecular weight excluding hydrogens is 414 g/mol. The number of nitrogens with one attached hydrogen (secondary N) is 1. The molecule has 0 aliphatic rings. The van der Waals surface area contributed by atoms with Crippen molar-refractivity contribution in [3.8, 4) is 0 Å². The van der Waals surface area contributed by atoms with E-state index in [1.54, 1.807) is 29.8 Å². The average Bonchev–Trinajstić information content (AvgIpc) is 3.27. The monoisotopic (exact) mass is 428 g/mol. The van der Waals surface area contributed by atoms with Gasteiger partial charge in [-0.2, -0.15) is 5.10 Å². The van der Waals surface area contributed by atoms with E-state index in [1.807, 2.05) is 0 Å². The fraction of sp³-hybridized carbons (Fsp3) is 0.100. The summed E-state index contributed by atoms with van der Waals surface area (Å²) in [5, 5.41) is 18.5. The van der Waals surface area contributed by atoms with Crippen molar-refractivity contribution in [2.24, 2.45) is 0 Å². The minimum Gasteiger partial charge on any atom is -0.319 e. The number of rotatable bonds is 5. The van der Waals surface area contributed by atoms with Gasteiger partial charge in [-0.25, -0.2) is 8.78 Å². The first kappa shape index (κ1) is 19.6.